The summed E-state index contributed by atoms with van der Waals surface area (Å²) in [6.45, 7) is 2.00. The van der Waals surface area contributed by atoms with Crippen molar-refractivity contribution in [3.63, 3.8) is 0 Å². The second-order valence-electron chi connectivity index (χ2n) is 4.43. The van der Waals surface area contributed by atoms with E-state index in [1.807, 2.05) is 43.3 Å². The van der Waals surface area contributed by atoms with E-state index in [9.17, 15) is 4.79 Å². The first-order chi connectivity index (χ1) is 8.72. The minimum Gasteiger partial charge on any atom is -0.291 e. The number of hydrogen-bond donors (Lipinski definition) is 1. The number of benzene rings is 2. The van der Waals surface area contributed by atoms with Gasteiger partial charge in [-0.15, -0.1) is 0 Å². The SMILES string of the molecule is Cc1c2c(cc3ccccc13)C(=O)C(OO)C=C2. The summed E-state index contributed by atoms with van der Waals surface area (Å²) in [5.74, 6) is -0.205. The van der Waals surface area contributed by atoms with Crippen LogP contribution in [-0.2, 0) is 4.89 Å². The quantitative estimate of drug-likeness (QED) is 0.615. The van der Waals surface area contributed by atoms with Gasteiger partial charge in [-0.2, -0.15) is 0 Å². The standard InChI is InChI=1S/C15H12O3/c1-9-11-5-3-2-4-10(11)8-13-12(9)6-7-14(18-17)15(13)16/h2-8,14,17H,1H3. The van der Waals surface area contributed by atoms with Crippen LogP contribution in [0.25, 0.3) is 16.8 Å². The molecule has 0 heterocycles. The zero-order valence-electron chi connectivity index (χ0n) is 9.88. The fourth-order valence-corrected chi connectivity index (χ4v) is 2.47. The van der Waals surface area contributed by atoms with Crippen molar-refractivity contribution in [2.45, 2.75) is 13.0 Å². The number of fused-ring (bicyclic) bond motifs is 2. The van der Waals surface area contributed by atoms with Crippen molar-refractivity contribution in [1.82, 2.24) is 0 Å². The van der Waals surface area contributed by atoms with Crippen LogP contribution < -0.4 is 0 Å². The van der Waals surface area contributed by atoms with Crippen LogP contribution in [0.15, 0.2) is 36.4 Å². The summed E-state index contributed by atoms with van der Waals surface area (Å²) in [5.41, 5.74) is 2.59. The van der Waals surface area contributed by atoms with Crippen LogP contribution in [0.1, 0.15) is 21.5 Å². The van der Waals surface area contributed by atoms with Crippen LogP contribution in [0.2, 0.25) is 0 Å². The lowest BCUT2D eigenvalue weighted by molar-refractivity contribution is -0.252. The Balaban J connectivity index is 2.33. The summed E-state index contributed by atoms with van der Waals surface area (Å²) in [5, 5.41) is 10.9. The molecule has 3 nitrogen and oxygen atoms in total. The highest BCUT2D eigenvalue weighted by molar-refractivity contribution is 6.10. The van der Waals surface area contributed by atoms with Crippen LogP contribution >= 0.6 is 0 Å². The minimum absolute atomic E-state index is 0.205. The zero-order valence-corrected chi connectivity index (χ0v) is 9.88. The zero-order chi connectivity index (χ0) is 12.7. The van der Waals surface area contributed by atoms with E-state index in [0.29, 0.717) is 5.56 Å². The Hall–Kier alpha value is -1.97. The van der Waals surface area contributed by atoms with E-state index in [0.717, 1.165) is 21.9 Å². The molecule has 1 atom stereocenters. The molecule has 0 spiro atoms. The third-order valence-electron chi connectivity index (χ3n) is 3.43. The van der Waals surface area contributed by atoms with E-state index in [-0.39, 0.29) is 5.78 Å². The van der Waals surface area contributed by atoms with E-state index in [1.165, 1.54) is 0 Å². The molecule has 0 amide bonds. The highest BCUT2D eigenvalue weighted by Crippen LogP contribution is 2.30. The van der Waals surface area contributed by atoms with Crippen molar-refractivity contribution in [3.8, 4) is 0 Å². The highest BCUT2D eigenvalue weighted by atomic mass is 17.1. The van der Waals surface area contributed by atoms with Crippen molar-refractivity contribution in [3.05, 3.63) is 53.1 Å². The molecule has 1 aliphatic rings. The Kier molecular flexibility index (Phi) is 2.51. The average molecular weight is 240 g/mol. The molecular formula is C15H12O3. The molecule has 0 saturated heterocycles. The number of Topliss-reactive ketones (excluding diaryl/α,β-unsaturated/α-hetero) is 1. The van der Waals surface area contributed by atoms with Gasteiger partial charge in [0.15, 0.2) is 11.9 Å². The van der Waals surface area contributed by atoms with Gasteiger partial charge >= 0.3 is 0 Å². The molecule has 0 aromatic heterocycles. The number of carbonyl (C=O) groups is 1. The summed E-state index contributed by atoms with van der Waals surface area (Å²) in [6.07, 6.45) is 2.52. The van der Waals surface area contributed by atoms with Gasteiger partial charge in [-0.25, -0.2) is 4.89 Å². The molecule has 3 rings (SSSR count). The van der Waals surface area contributed by atoms with Gasteiger partial charge in [-0.3, -0.25) is 10.1 Å². The molecule has 0 fully saturated rings. The van der Waals surface area contributed by atoms with Crippen molar-refractivity contribution in [2.24, 2.45) is 0 Å². The van der Waals surface area contributed by atoms with Gasteiger partial charge in [0.2, 0.25) is 0 Å². The lowest BCUT2D eigenvalue weighted by atomic mass is 9.88. The number of aryl methyl sites for hydroxylation is 1. The summed E-state index contributed by atoms with van der Waals surface area (Å²) in [4.78, 5) is 16.3. The van der Waals surface area contributed by atoms with E-state index >= 15 is 0 Å². The number of rotatable bonds is 1. The molecule has 0 bridgehead atoms. The van der Waals surface area contributed by atoms with Gasteiger partial charge in [-0.1, -0.05) is 30.3 Å². The summed E-state index contributed by atoms with van der Waals surface area (Å²) >= 11 is 0. The van der Waals surface area contributed by atoms with Crippen LogP contribution in [0, 0.1) is 6.92 Å². The Bertz CT molecular complexity index is 671. The molecule has 0 aliphatic heterocycles. The molecule has 0 saturated carbocycles. The maximum absolute atomic E-state index is 12.1. The van der Waals surface area contributed by atoms with Crippen LogP contribution in [-0.4, -0.2) is 17.1 Å². The van der Waals surface area contributed by atoms with Crippen molar-refractivity contribution >= 4 is 22.6 Å². The number of ketones is 1. The maximum Gasteiger partial charge on any atom is 0.199 e. The van der Waals surface area contributed by atoms with Gasteiger partial charge in [-0.05, 0) is 41.0 Å². The molecule has 2 aromatic rings. The lowest BCUT2D eigenvalue weighted by Gasteiger charge is -2.18. The Labute approximate surface area is 104 Å². The molecule has 0 radical (unpaired) electrons. The summed E-state index contributed by atoms with van der Waals surface area (Å²) in [6, 6.07) is 9.80. The summed E-state index contributed by atoms with van der Waals surface area (Å²) in [7, 11) is 0. The van der Waals surface area contributed by atoms with Gasteiger partial charge in [0.1, 0.15) is 0 Å². The van der Waals surface area contributed by atoms with Crippen molar-refractivity contribution < 1.29 is 14.9 Å². The third kappa shape index (κ3) is 1.49. The Morgan fingerprint density at radius 1 is 1.28 bits per heavy atom. The summed E-state index contributed by atoms with van der Waals surface area (Å²) < 4.78 is 0. The van der Waals surface area contributed by atoms with Gasteiger partial charge in [0.05, 0.1) is 0 Å². The predicted octanol–water partition coefficient (Wildman–Crippen LogP) is 3.22. The first kappa shape index (κ1) is 11.1. The fourth-order valence-electron chi connectivity index (χ4n) is 2.47. The first-order valence-corrected chi connectivity index (χ1v) is 5.77. The predicted molar refractivity (Wildman–Crippen MR) is 69.6 cm³/mol. The molecule has 1 N–H and O–H groups in total. The molecule has 3 heteroatoms. The molecule has 2 aromatic carbocycles. The third-order valence-corrected chi connectivity index (χ3v) is 3.43. The van der Waals surface area contributed by atoms with Gasteiger partial charge < -0.3 is 0 Å². The molecule has 90 valence electrons. The van der Waals surface area contributed by atoms with Gasteiger partial charge in [0, 0.05) is 5.56 Å². The van der Waals surface area contributed by atoms with E-state index in [4.69, 9.17) is 5.26 Å². The number of carbonyl (C=O) groups excluding carboxylic acids is 1. The van der Waals surface area contributed by atoms with Crippen LogP contribution in [0.3, 0.4) is 0 Å². The fraction of sp³-hybridized carbons (Fsp3) is 0.133. The average Bonchev–Trinajstić information content (AvgIpc) is 2.40. The Morgan fingerprint density at radius 2 is 2.06 bits per heavy atom. The largest absolute Gasteiger partial charge is 0.291 e. The smallest absolute Gasteiger partial charge is 0.199 e. The topological polar surface area (TPSA) is 46.5 Å². The second kappa shape index (κ2) is 4.05. The van der Waals surface area contributed by atoms with E-state index in [2.05, 4.69) is 4.89 Å². The Morgan fingerprint density at radius 3 is 2.83 bits per heavy atom. The lowest BCUT2D eigenvalue weighted by Crippen LogP contribution is -2.24. The first-order valence-electron chi connectivity index (χ1n) is 5.77. The van der Waals surface area contributed by atoms with Crippen molar-refractivity contribution in [1.29, 1.82) is 0 Å². The highest BCUT2D eigenvalue weighted by Gasteiger charge is 2.26. The molecule has 1 unspecified atom stereocenters. The molecular weight excluding hydrogens is 228 g/mol. The van der Waals surface area contributed by atoms with E-state index < -0.39 is 6.10 Å². The van der Waals surface area contributed by atoms with E-state index in [1.54, 1.807) is 6.08 Å². The second-order valence-corrected chi connectivity index (χ2v) is 4.43. The van der Waals surface area contributed by atoms with Gasteiger partial charge in [0.25, 0.3) is 0 Å². The van der Waals surface area contributed by atoms with Crippen LogP contribution in [0.5, 0.6) is 0 Å². The number of hydrogen-bond acceptors (Lipinski definition) is 3. The molecule has 18 heavy (non-hydrogen) atoms. The monoisotopic (exact) mass is 240 g/mol. The van der Waals surface area contributed by atoms with Crippen molar-refractivity contribution in [2.75, 3.05) is 0 Å². The molecule has 1 aliphatic carbocycles. The van der Waals surface area contributed by atoms with Crippen LogP contribution in [0.4, 0.5) is 0 Å². The normalized spacial score (nSPS) is 18.1. The maximum atomic E-state index is 12.1. The minimum atomic E-state index is -0.891.